The summed E-state index contributed by atoms with van der Waals surface area (Å²) in [4.78, 5) is 25.5. The highest BCUT2D eigenvalue weighted by molar-refractivity contribution is 5.89. The molecule has 1 saturated heterocycles. The maximum atomic E-state index is 11.7. The highest BCUT2D eigenvalue weighted by atomic mass is 16.5. The smallest absolute Gasteiger partial charge is 0.337 e. The van der Waals surface area contributed by atoms with Crippen LogP contribution in [-0.2, 0) is 9.53 Å². The second-order valence-electron chi connectivity index (χ2n) is 5.31. The number of H-pyrrole nitrogens is 1. The Morgan fingerprint density at radius 1 is 1.53 bits per heavy atom. The average molecular weight is 263 g/mol. The largest absolute Gasteiger partial charge is 0.478 e. The lowest BCUT2D eigenvalue weighted by Gasteiger charge is -2.08. The van der Waals surface area contributed by atoms with Gasteiger partial charge in [-0.2, -0.15) is 0 Å². The van der Waals surface area contributed by atoms with Crippen molar-refractivity contribution in [1.29, 1.82) is 0 Å². The lowest BCUT2D eigenvalue weighted by molar-refractivity contribution is -0.142. The molecular weight excluding hydrogens is 246 g/mol. The van der Waals surface area contributed by atoms with Crippen LogP contribution in [0.2, 0.25) is 0 Å². The topological polar surface area (TPSA) is 79.4 Å². The van der Waals surface area contributed by atoms with Crippen molar-refractivity contribution in [3.05, 3.63) is 29.3 Å². The van der Waals surface area contributed by atoms with E-state index in [0.717, 1.165) is 5.57 Å². The van der Waals surface area contributed by atoms with Gasteiger partial charge in [0.15, 0.2) is 0 Å². The molecule has 1 fully saturated rings. The number of rotatable bonds is 3. The van der Waals surface area contributed by atoms with E-state index in [9.17, 15) is 9.59 Å². The standard InChI is InChI=1S/C14H17NO4/c1-4-9(10-5-8(7-15-10)12(16)17)11-6-14(2,3)13(18)19-11/h5,7,15H,4,6H2,1-3H3,(H,16,17). The van der Waals surface area contributed by atoms with E-state index >= 15 is 0 Å². The maximum Gasteiger partial charge on any atom is 0.337 e. The summed E-state index contributed by atoms with van der Waals surface area (Å²) in [5, 5.41) is 8.92. The van der Waals surface area contributed by atoms with Gasteiger partial charge >= 0.3 is 11.9 Å². The number of nitrogens with one attached hydrogen (secondary N) is 1. The van der Waals surface area contributed by atoms with E-state index in [1.54, 1.807) is 6.07 Å². The number of aromatic nitrogens is 1. The van der Waals surface area contributed by atoms with E-state index in [4.69, 9.17) is 9.84 Å². The fourth-order valence-corrected chi connectivity index (χ4v) is 2.16. The van der Waals surface area contributed by atoms with E-state index in [1.807, 2.05) is 20.8 Å². The van der Waals surface area contributed by atoms with E-state index in [-0.39, 0.29) is 11.5 Å². The number of allylic oxidation sites excluding steroid dienone is 2. The fraction of sp³-hybridized carbons (Fsp3) is 0.429. The molecule has 1 aliphatic heterocycles. The van der Waals surface area contributed by atoms with Crippen LogP contribution < -0.4 is 0 Å². The molecule has 1 aromatic rings. The summed E-state index contributed by atoms with van der Waals surface area (Å²) in [6.45, 7) is 5.63. The lowest BCUT2D eigenvalue weighted by Crippen LogP contribution is -2.16. The van der Waals surface area contributed by atoms with E-state index in [2.05, 4.69) is 4.98 Å². The second kappa shape index (κ2) is 4.57. The molecule has 5 nitrogen and oxygen atoms in total. The molecule has 0 spiro atoms. The second-order valence-corrected chi connectivity index (χ2v) is 5.31. The highest BCUT2D eigenvalue weighted by Crippen LogP contribution is 2.39. The first-order valence-electron chi connectivity index (χ1n) is 6.21. The van der Waals surface area contributed by atoms with Crippen molar-refractivity contribution in [2.45, 2.75) is 33.6 Å². The van der Waals surface area contributed by atoms with Crippen LogP contribution in [-0.4, -0.2) is 22.0 Å². The molecular formula is C14H17NO4. The number of esters is 1. The first-order valence-corrected chi connectivity index (χ1v) is 6.21. The van der Waals surface area contributed by atoms with Crippen LogP contribution in [0.5, 0.6) is 0 Å². The first kappa shape index (κ1) is 13.4. The third-order valence-corrected chi connectivity index (χ3v) is 3.32. The average Bonchev–Trinajstić information content (AvgIpc) is 2.87. The van der Waals surface area contributed by atoms with Gasteiger partial charge in [-0.25, -0.2) is 4.79 Å². The Balaban J connectivity index is 2.39. The predicted octanol–water partition coefficient (Wildman–Crippen LogP) is 2.81. The van der Waals surface area contributed by atoms with Gasteiger partial charge in [0, 0.05) is 23.9 Å². The minimum absolute atomic E-state index is 0.199. The van der Waals surface area contributed by atoms with Crippen LogP contribution in [0.15, 0.2) is 18.0 Å². The molecule has 19 heavy (non-hydrogen) atoms. The monoisotopic (exact) mass is 263 g/mol. The minimum Gasteiger partial charge on any atom is -0.478 e. The number of carbonyl (C=O) groups excluding carboxylic acids is 1. The van der Waals surface area contributed by atoms with E-state index in [0.29, 0.717) is 24.3 Å². The van der Waals surface area contributed by atoms with Crippen molar-refractivity contribution in [2.75, 3.05) is 0 Å². The summed E-state index contributed by atoms with van der Waals surface area (Å²) >= 11 is 0. The van der Waals surface area contributed by atoms with Gasteiger partial charge < -0.3 is 14.8 Å². The Labute approximate surface area is 111 Å². The van der Waals surface area contributed by atoms with Gasteiger partial charge in [0.05, 0.1) is 11.0 Å². The van der Waals surface area contributed by atoms with Gasteiger partial charge in [0.25, 0.3) is 0 Å². The van der Waals surface area contributed by atoms with Crippen molar-refractivity contribution in [2.24, 2.45) is 5.41 Å². The van der Waals surface area contributed by atoms with Crippen LogP contribution in [0, 0.1) is 5.41 Å². The summed E-state index contributed by atoms with van der Waals surface area (Å²) in [7, 11) is 0. The van der Waals surface area contributed by atoms with Crippen molar-refractivity contribution >= 4 is 17.5 Å². The molecule has 1 aromatic heterocycles. The van der Waals surface area contributed by atoms with Crippen molar-refractivity contribution < 1.29 is 19.4 Å². The van der Waals surface area contributed by atoms with E-state index in [1.165, 1.54) is 6.20 Å². The number of carboxylic acids is 1. The van der Waals surface area contributed by atoms with Crippen molar-refractivity contribution in [3.8, 4) is 0 Å². The number of aromatic amines is 1. The number of aromatic carboxylic acids is 1. The van der Waals surface area contributed by atoms with Gasteiger partial charge in [0.2, 0.25) is 0 Å². The maximum absolute atomic E-state index is 11.7. The van der Waals surface area contributed by atoms with Crippen LogP contribution in [0.25, 0.3) is 5.57 Å². The summed E-state index contributed by atoms with van der Waals surface area (Å²) in [6, 6.07) is 1.56. The molecule has 2 rings (SSSR count). The van der Waals surface area contributed by atoms with Gasteiger partial charge in [-0.15, -0.1) is 0 Å². The quantitative estimate of drug-likeness (QED) is 0.822. The predicted molar refractivity (Wildman–Crippen MR) is 69.5 cm³/mol. The molecule has 0 unspecified atom stereocenters. The Bertz CT molecular complexity index is 566. The normalized spacial score (nSPS) is 20.3. The molecule has 102 valence electrons. The minimum atomic E-state index is -0.980. The molecule has 0 aliphatic carbocycles. The number of ether oxygens (including phenoxy) is 1. The SMILES string of the molecule is CCC(=C1CC(C)(C)C(=O)O1)c1cc(C(=O)O)c[nH]1. The number of hydrogen-bond donors (Lipinski definition) is 2. The Kier molecular flexibility index (Phi) is 3.22. The van der Waals surface area contributed by atoms with Crippen LogP contribution in [0.4, 0.5) is 0 Å². The molecule has 0 saturated carbocycles. The summed E-state index contributed by atoms with van der Waals surface area (Å²) in [5.41, 5.74) is 1.23. The van der Waals surface area contributed by atoms with Gasteiger partial charge in [-0.1, -0.05) is 6.92 Å². The third kappa shape index (κ3) is 2.41. The fourth-order valence-electron chi connectivity index (χ4n) is 2.16. The van der Waals surface area contributed by atoms with Gasteiger partial charge in [0.1, 0.15) is 5.76 Å². The molecule has 5 heteroatoms. The van der Waals surface area contributed by atoms with E-state index < -0.39 is 11.4 Å². The van der Waals surface area contributed by atoms with Crippen molar-refractivity contribution in [3.63, 3.8) is 0 Å². The summed E-state index contributed by atoms with van der Waals surface area (Å²) in [6.07, 6.45) is 2.64. The Morgan fingerprint density at radius 3 is 2.63 bits per heavy atom. The zero-order chi connectivity index (χ0) is 14.2. The zero-order valence-electron chi connectivity index (χ0n) is 11.2. The molecule has 0 radical (unpaired) electrons. The number of cyclic esters (lactones) is 1. The molecule has 0 atom stereocenters. The third-order valence-electron chi connectivity index (χ3n) is 3.32. The molecule has 0 bridgehead atoms. The van der Waals surface area contributed by atoms with Crippen LogP contribution >= 0.6 is 0 Å². The molecule has 2 N–H and O–H groups in total. The molecule has 0 aromatic carbocycles. The van der Waals surface area contributed by atoms with Crippen molar-refractivity contribution in [1.82, 2.24) is 4.98 Å². The summed E-state index contributed by atoms with van der Waals surface area (Å²) < 4.78 is 5.33. The van der Waals surface area contributed by atoms with Gasteiger partial charge in [-0.05, 0) is 26.3 Å². The molecule has 2 heterocycles. The number of hydrogen-bond acceptors (Lipinski definition) is 3. The number of carbonyl (C=O) groups is 2. The van der Waals surface area contributed by atoms with Crippen LogP contribution in [0.3, 0.4) is 0 Å². The lowest BCUT2D eigenvalue weighted by atomic mass is 9.90. The first-order chi connectivity index (χ1) is 8.85. The Hall–Kier alpha value is -2.04. The van der Waals surface area contributed by atoms with Gasteiger partial charge in [-0.3, -0.25) is 4.79 Å². The molecule has 0 amide bonds. The molecule has 1 aliphatic rings. The summed E-state index contributed by atoms with van der Waals surface area (Å²) in [5.74, 6) is -0.582. The highest BCUT2D eigenvalue weighted by Gasteiger charge is 2.39. The van der Waals surface area contributed by atoms with Crippen LogP contribution in [0.1, 0.15) is 49.7 Å². The zero-order valence-corrected chi connectivity index (χ0v) is 11.2. The number of carboxylic acid groups (broad SMARTS) is 1. The Morgan fingerprint density at radius 2 is 2.21 bits per heavy atom.